The van der Waals surface area contributed by atoms with Crippen LogP contribution in [0.3, 0.4) is 0 Å². The average Bonchev–Trinajstić information content (AvgIpc) is 2.92. The number of aromatic nitrogens is 4. The number of ether oxygens (including phenoxy) is 1. The summed E-state index contributed by atoms with van der Waals surface area (Å²) in [7, 11) is 0. The monoisotopic (exact) mass is 295 g/mol. The lowest BCUT2D eigenvalue weighted by atomic mass is 10.1. The molecule has 22 heavy (non-hydrogen) atoms. The van der Waals surface area contributed by atoms with Gasteiger partial charge in [-0.25, -0.2) is 9.67 Å². The topological polar surface area (TPSA) is 81.9 Å². The van der Waals surface area contributed by atoms with Crippen LogP contribution in [0.2, 0.25) is 0 Å². The Morgan fingerprint density at radius 3 is 2.95 bits per heavy atom. The van der Waals surface area contributed by atoms with Crippen molar-refractivity contribution in [1.82, 2.24) is 20.0 Å². The lowest BCUT2D eigenvalue weighted by Gasteiger charge is -2.30. The van der Waals surface area contributed by atoms with Gasteiger partial charge < -0.3 is 10.1 Å². The number of benzene rings is 1. The van der Waals surface area contributed by atoms with E-state index in [0.29, 0.717) is 11.6 Å². The van der Waals surface area contributed by atoms with Gasteiger partial charge in [0.1, 0.15) is 5.52 Å². The van der Waals surface area contributed by atoms with Crippen LogP contribution in [0.4, 0.5) is 5.82 Å². The predicted octanol–water partition coefficient (Wildman–Crippen LogP) is 1.92. The Kier molecular flexibility index (Phi) is 2.47. The highest BCUT2D eigenvalue weighted by molar-refractivity contribution is 5.99. The molecule has 0 unspecified atom stereocenters. The molecule has 1 amide bonds. The predicted molar refractivity (Wildman–Crippen MR) is 80.0 cm³/mol. The molecular weight excluding hydrogens is 282 g/mol. The Bertz CT molecular complexity index is 900. The first-order chi connectivity index (χ1) is 10.5. The number of anilines is 1. The number of rotatable bonds is 1. The largest absolute Gasteiger partial charge is 0.474 e. The zero-order valence-corrected chi connectivity index (χ0v) is 12.1. The van der Waals surface area contributed by atoms with Gasteiger partial charge in [-0.1, -0.05) is 17.3 Å². The smallest absolute Gasteiger partial charge is 0.269 e. The second-order valence-electron chi connectivity index (χ2n) is 5.60. The van der Waals surface area contributed by atoms with E-state index < -0.39 is 5.60 Å². The number of carbonyl (C=O) groups excluding carboxylic acids is 1. The van der Waals surface area contributed by atoms with E-state index >= 15 is 0 Å². The molecule has 3 aromatic rings. The fraction of sp³-hybridized carbons (Fsp3) is 0.200. The van der Waals surface area contributed by atoms with Crippen molar-refractivity contribution in [3.05, 3.63) is 36.5 Å². The van der Waals surface area contributed by atoms with E-state index in [1.54, 1.807) is 30.8 Å². The molecule has 2 aromatic heterocycles. The van der Waals surface area contributed by atoms with E-state index in [2.05, 4.69) is 20.6 Å². The summed E-state index contributed by atoms with van der Waals surface area (Å²) in [6.07, 6.45) is 1.63. The summed E-state index contributed by atoms with van der Waals surface area (Å²) in [5.74, 6) is 0.714. The number of carbonyl (C=O) groups is 1. The van der Waals surface area contributed by atoms with E-state index in [1.165, 1.54) is 0 Å². The summed E-state index contributed by atoms with van der Waals surface area (Å²) in [5, 5.41) is 11.0. The standard InChI is InChI=1S/C15H13N5O2/c1-15(2)14(21)17-13-12(22-15)7-9(8-16-13)20-11-6-4-3-5-10(11)18-19-20/h3-8H,1-2H3,(H,16,17,21). The number of hydrogen-bond acceptors (Lipinski definition) is 5. The Hall–Kier alpha value is -2.96. The average molecular weight is 295 g/mol. The molecule has 0 atom stereocenters. The zero-order valence-electron chi connectivity index (χ0n) is 12.1. The molecule has 0 spiro atoms. The molecule has 7 heteroatoms. The minimum Gasteiger partial charge on any atom is -0.474 e. The van der Waals surface area contributed by atoms with Crippen LogP contribution in [0.5, 0.6) is 5.75 Å². The van der Waals surface area contributed by atoms with Gasteiger partial charge in [-0.2, -0.15) is 0 Å². The van der Waals surface area contributed by atoms with Gasteiger partial charge in [-0.15, -0.1) is 5.10 Å². The Morgan fingerprint density at radius 1 is 1.27 bits per heavy atom. The van der Waals surface area contributed by atoms with Gasteiger partial charge in [-0.3, -0.25) is 4.79 Å². The molecule has 1 aromatic carbocycles. The summed E-state index contributed by atoms with van der Waals surface area (Å²) >= 11 is 0. The second-order valence-corrected chi connectivity index (χ2v) is 5.60. The maximum atomic E-state index is 11.9. The molecule has 0 saturated carbocycles. The molecule has 1 aliphatic heterocycles. The van der Waals surface area contributed by atoms with Crippen LogP contribution in [0.25, 0.3) is 16.7 Å². The fourth-order valence-electron chi connectivity index (χ4n) is 2.36. The maximum absolute atomic E-state index is 11.9. The van der Waals surface area contributed by atoms with Gasteiger partial charge in [0.25, 0.3) is 5.91 Å². The van der Waals surface area contributed by atoms with Crippen LogP contribution in [0, 0.1) is 0 Å². The van der Waals surface area contributed by atoms with Crippen molar-refractivity contribution >= 4 is 22.8 Å². The third kappa shape index (κ3) is 1.82. The maximum Gasteiger partial charge on any atom is 0.269 e. The molecule has 3 heterocycles. The van der Waals surface area contributed by atoms with Crippen molar-refractivity contribution in [2.24, 2.45) is 0 Å². The van der Waals surface area contributed by atoms with Crippen LogP contribution >= 0.6 is 0 Å². The minimum absolute atomic E-state index is 0.216. The highest BCUT2D eigenvalue weighted by atomic mass is 16.5. The number of amides is 1. The summed E-state index contributed by atoms with van der Waals surface area (Å²) in [6.45, 7) is 3.42. The molecule has 7 nitrogen and oxygen atoms in total. The van der Waals surface area contributed by atoms with Crippen molar-refractivity contribution in [1.29, 1.82) is 0 Å². The molecule has 1 N–H and O–H groups in total. The van der Waals surface area contributed by atoms with E-state index in [4.69, 9.17) is 4.74 Å². The lowest BCUT2D eigenvalue weighted by molar-refractivity contribution is -0.129. The fourth-order valence-corrected chi connectivity index (χ4v) is 2.36. The molecular formula is C15H13N5O2. The van der Waals surface area contributed by atoms with Gasteiger partial charge in [0, 0.05) is 6.07 Å². The third-order valence-electron chi connectivity index (χ3n) is 3.58. The third-order valence-corrected chi connectivity index (χ3v) is 3.58. The summed E-state index contributed by atoms with van der Waals surface area (Å²) in [6, 6.07) is 9.46. The number of fused-ring (bicyclic) bond motifs is 2. The normalized spacial score (nSPS) is 16.0. The second kappa shape index (κ2) is 4.27. The van der Waals surface area contributed by atoms with Crippen LogP contribution < -0.4 is 10.1 Å². The van der Waals surface area contributed by atoms with Crippen molar-refractivity contribution in [3.63, 3.8) is 0 Å². The van der Waals surface area contributed by atoms with E-state index in [0.717, 1.165) is 16.7 Å². The van der Waals surface area contributed by atoms with Gasteiger partial charge in [0.05, 0.1) is 17.4 Å². The molecule has 0 saturated heterocycles. The molecule has 0 bridgehead atoms. The Morgan fingerprint density at radius 2 is 2.09 bits per heavy atom. The molecule has 0 radical (unpaired) electrons. The Labute approximate surface area is 125 Å². The minimum atomic E-state index is -0.933. The van der Waals surface area contributed by atoms with Crippen molar-refractivity contribution in [2.45, 2.75) is 19.4 Å². The van der Waals surface area contributed by atoms with Crippen LogP contribution in [0.15, 0.2) is 36.5 Å². The first kappa shape index (κ1) is 12.8. The number of para-hydroxylation sites is 1. The first-order valence-electron chi connectivity index (χ1n) is 6.86. The number of nitrogens with zero attached hydrogens (tertiary/aromatic N) is 4. The lowest BCUT2D eigenvalue weighted by Crippen LogP contribution is -2.46. The van der Waals surface area contributed by atoms with Gasteiger partial charge in [0.15, 0.2) is 17.2 Å². The van der Waals surface area contributed by atoms with Gasteiger partial charge in [0.2, 0.25) is 0 Å². The van der Waals surface area contributed by atoms with Crippen LogP contribution in [0.1, 0.15) is 13.8 Å². The van der Waals surface area contributed by atoms with E-state index in [9.17, 15) is 4.79 Å². The molecule has 110 valence electrons. The van der Waals surface area contributed by atoms with Crippen LogP contribution in [-0.4, -0.2) is 31.5 Å². The number of nitrogens with one attached hydrogen (secondary N) is 1. The summed E-state index contributed by atoms with van der Waals surface area (Å²) < 4.78 is 7.44. The number of pyridine rings is 1. The highest BCUT2D eigenvalue weighted by Crippen LogP contribution is 2.33. The SMILES string of the molecule is CC1(C)Oc2cc(-n3nnc4ccccc43)cnc2NC1=O. The van der Waals surface area contributed by atoms with Crippen LogP contribution in [-0.2, 0) is 4.79 Å². The highest BCUT2D eigenvalue weighted by Gasteiger charge is 2.36. The van der Waals surface area contributed by atoms with Gasteiger partial charge >= 0.3 is 0 Å². The van der Waals surface area contributed by atoms with Crippen molar-refractivity contribution < 1.29 is 9.53 Å². The molecule has 1 aliphatic rings. The Balaban J connectivity index is 1.84. The quantitative estimate of drug-likeness (QED) is 0.741. The summed E-state index contributed by atoms with van der Waals surface area (Å²) in [5.41, 5.74) is 1.47. The van der Waals surface area contributed by atoms with Crippen molar-refractivity contribution in [3.8, 4) is 11.4 Å². The van der Waals surface area contributed by atoms with E-state index in [1.807, 2.05) is 24.3 Å². The zero-order chi connectivity index (χ0) is 15.3. The number of hydrogen-bond donors (Lipinski definition) is 1. The molecule has 0 aliphatic carbocycles. The van der Waals surface area contributed by atoms with Crippen molar-refractivity contribution in [2.75, 3.05) is 5.32 Å². The van der Waals surface area contributed by atoms with E-state index in [-0.39, 0.29) is 5.91 Å². The molecule has 4 rings (SSSR count). The summed E-state index contributed by atoms with van der Waals surface area (Å²) in [4.78, 5) is 16.1. The first-order valence-corrected chi connectivity index (χ1v) is 6.86. The molecule has 0 fully saturated rings. The van der Waals surface area contributed by atoms with Gasteiger partial charge in [-0.05, 0) is 26.0 Å².